The van der Waals surface area contributed by atoms with Crippen molar-refractivity contribution >= 4 is 45.2 Å². The Morgan fingerprint density at radius 3 is 2.69 bits per heavy atom. The van der Waals surface area contributed by atoms with Gasteiger partial charge in [-0.15, -0.1) is 0 Å². The van der Waals surface area contributed by atoms with Crippen molar-refractivity contribution in [1.82, 2.24) is 9.88 Å². The second kappa shape index (κ2) is 7.13. The molecule has 1 aliphatic heterocycles. The Morgan fingerprint density at radius 2 is 1.92 bits per heavy atom. The average Bonchev–Trinajstić information content (AvgIpc) is 3.03. The quantitative estimate of drug-likeness (QED) is 0.665. The van der Waals surface area contributed by atoms with Crippen LogP contribution in [0.4, 0.5) is 0 Å². The Balaban J connectivity index is 1.58. The number of para-hydroxylation sites is 1. The van der Waals surface area contributed by atoms with Gasteiger partial charge in [-0.2, -0.15) is 0 Å². The minimum Gasteiger partial charge on any atom is -0.480 e. The van der Waals surface area contributed by atoms with E-state index in [4.69, 9.17) is 12.2 Å². The van der Waals surface area contributed by atoms with Gasteiger partial charge in [-0.3, -0.25) is 0 Å². The molecule has 6 heteroatoms. The van der Waals surface area contributed by atoms with Gasteiger partial charge in [-0.25, -0.2) is 4.79 Å². The molecule has 0 unspecified atom stereocenters. The number of rotatable bonds is 3. The number of hydrogen-bond acceptors (Lipinski definition) is 3. The van der Waals surface area contributed by atoms with Gasteiger partial charge in [0.25, 0.3) is 0 Å². The number of carbonyl (C=O) groups is 1. The fourth-order valence-corrected chi connectivity index (χ4v) is 4.63. The van der Waals surface area contributed by atoms with Gasteiger partial charge in [0.15, 0.2) is 0 Å². The maximum absolute atomic E-state index is 11.9. The molecule has 2 aromatic carbocycles. The van der Waals surface area contributed by atoms with Crippen molar-refractivity contribution in [3.8, 4) is 0 Å². The second-order valence-corrected chi connectivity index (χ2v) is 7.96. The topological polar surface area (TPSA) is 56.3 Å². The standard InChI is InChI=1S/C20H18N2O2S2/c23-19(24)18-10-15-14-8-4-5-9-16(14)21-17(15)11-22(18)20(25)26-12-13-6-2-1-3-7-13/h1-9,18,21H,10-12H2,(H,23,24)/t18-/m0/s1. The molecule has 4 rings (SSSR count). The molecule has 0 fully saturated rings. The fraction of sp³-hybridized carbons (Fsp3) is 0.200. The Labute approximate surface area is 161 Å². The van der Waals surface area contributed by atoms with Gasteiger partial charge in [-0.1, -0.05) is 72.5 Å². The number of nitrogens with zero attached hydrogens (tertiary/aromatic N) is 1. The zero-order valence-corrected chi connectivity index (χ0v) is 15.6. The molecule has 4 nitrogen and oxygen atoms in total. The molecule has 2 N–H and O–H groups in total. The summed E-state index contributed by atoms with van der Waals surface area (Å²) in [6, 6.07) is 17.5. The van der Waals surface area contributed by atoms with Gasteiger partial charge >= 0.3 is 5.97 Å². The van der Waals surface area contributed by atoms with Gasteiger partial charge in [0.2, 0.25) is 0 Å². The summed E-state index contributed by atoms with van der Waals surface area (Å²) in [4.78, 5) is 17.2. The number of carboxylic acids is 1. The van der Waals surface area contributed by atoms with Crippen molar-refractivity contribution in [1.29, 1.82) is 0 Å². The summed E-state index contributed by atoms with van der Waals surface area (Å²) >= 11 is 7.11. The summed E-state index contributed by atoms with van der Waals surface area (Å²) in [5, 5.41) is 10.9. The monoisotopic (exact) mass is 382 g/mol. The van der Waals surface area contributed by atoms with E-state index in [2.05, 4.69) is 17.1 Å². The van der Waals surface area contributed by atoms with E-state index in [0.29, 0.717) is 17.3 Å². The van der Waals surface area contributed by atoms with Crippen molar-refractivity contribution in [3.05, 3.63) is 71.4 Å². The third-order valence-electron chi connectivity index (χ3n) is 4.73. The van der Waals surface area contributed by atoms with Crippen molar-refractivity contribution < 1.29 is 9.90 Å². The molecule has 0 saturated heterocycles. The maximum Gasteiger partial charge on any atom is 0.326 e. The number of thioether (sulfide) groups is 1. The summed E-state index contributed by atoms with van der Waals surface area (Å²) in [5.74, 6) is -0.0918. The predicted molar refractivity (Wildman–Crippen MR) is 109 cm³/mol. The molecule has 0 aliphatic carbocycles. The van der Waals surface area contributed by atoms with Gasteiger partial charge in [0.1, 0.15) is 10.4 Å². The number of hydrogen-bond donors (Lipinski definition) is 2. The molecule has 3 aromatic rings. The van der Waals surface area contributed by atoms with Crippen molar-refractivity contribution in [2.75, 3.05) is 0 Å². The molecule has 132 valence electrons. The third kappa shape index (κ3) is 3.22. The second-order valence-electron chi connectivity index (χ2n) is 6.35. The van der Waals surface area contributed by atoms with Crippen LogP contribution < -0.4 is 0 Å². The molecule has 0 amide bonds. The minimum atomic E-state index is -0.830. The maximum atomic E-state index is 11.9. The number of fused-ring (bicyclic) bond motifs is 3. The van der Waals surface area contributed by atoms with Crippen molar-refractivity contribution in [3.63, 3.8) is 0 Å². The van der Waals surface area contributed by atoms with Crippen molar-refractivity contribution in [2.24, 2.45) is 0 Å². The van der Waals surface area contributed by atoms with E-state index in [0.717, 1.165) is 27.9 Å². The summed E-state index contributed by atoms with van der Waals surface area (Å²) in [6.45, 7) is 0.502. The van der Waals surface area contributed by atoms with Crippen LogP contribution in [0.2, 0.25) is 0 Å². The molecule has 1 aromatic heterocycles. The Hall–Kier alpha value is -2.31. The SMILES string of the molecule is O=C(O)[C@@H]1Cc2c([nH]c3ccccc23)CN1C(=S)SCc1ccccc1. The summed E-state index contributed by atoms with van der Waals surface area (Å²) in [6.07, 6.45) is 0.459. The predicted octanol–water partition coefficient (Wildman–Crippen LogP) is 4.20. The van der Waals surface area contributed by atoms with Crippen LogP contribution in [0.15, 0.2) is 54.6 Å². The molecular weight excluding hydrogens is 364 g/mol. The highest BCUT2D eigenvalue weighted by molar-refractivity contribution is 8.22. The first-order valence-corrected chi connectivity index (χ1v) is 9.81. The molecule has 0 bridgehead atoms. The van der Waals surface area contributed by atoms with Crippen LogP contribution in [0.3, 0.4) is 0 Å². The number of carboxylic acid groups (broad SMARTS) is 1. The van der Waals surface area contributed by atoms with Crippen LogP contribution in [0, 0.1) is 0 Å². The highest BCUT2D eigenvalue weighted by Gasteiger charge is 2.34. The first kappa shape index (κ1) is 17.1. The van der Waals surface area contributed by atoms with Crippen LogP contribution in [-0.2, 0) is 23.5 Å². The van der Waals surface area contributed by atoms with E-state index in [1.807, 2.05) is 47.4 Å². The van der Waals surface area contributed by atoms with Crippen LogP contribution in [0.5, 0.6) is 0 Å². The Morgan fingerprint density at radius 1 is 1.19 bits per heavy atom. The van der Waals surface area contributed by atoms with Crippen LogP contribution in [0.1, 0.15) is 16.8 Å². The Kier molecular flexibility index (Phi) is 4.70. The zero-order chi connectivity index (χ0) is 18.1. The van der Waals surface area contributed by atoms with Crippen LogP contribution >= 0.6 is 24.0 Å². The van der Waals surface area contributed by atoms with Gasteiger partial charge < -0.3 is 15.0 Å². The van der Waals surface area contributed by atoms with Crippen LogP contribution in [-0.4, -0.2) is 31.3 Å². The average molecular weight is 383 g/mol. The minimum absolute atomic E-state index is 0.459. The number of aromatic amines is 1. The van der Waals surface area contributed by atoms with Crippen LogP contribution in [0.25, 0.3) is 10.9 Å². The van der Waals surface area contributed by atoms with E-state index in [1.54, 1.807) is 0 Å². The molecule has 0 radical (unpaired) electrons. The van der Waals surface area contributed by atoms with Crippen molar-refractivity contribution in [2.45, 2.75) is 24.8 Å². The summed E-state index contributed by atoms with van der Waals surface area (Å²) in [5.41, 5.74) is 4.38. The summed E-state index contributed by atoms with van der Waals surface area (Å²) in [7, 11) is 0. The molecule has 1 atom stereocenters. The Bertz CT molecular complexity index is 968. The lowest BCUT2D eigenvalue weighted by Crippen LogP contribution is -2.47. The normalized spacial score (nSPS) is 16.5. The van der Waals surface area contributed by atoms with E-state index < -0.39 is 12.0 Å². The van der Waals surface area contributed by atoms with E-state index in [-0.39, 0.29) is 0 Å². The van der Waals surface area contributed by atoms with E-state index in [1.165, 1.54) is 17.3 Å². The number of H-pyrrole nitrogens is 1. The first-order valence-electron chi connectivity index (χ1n) is 8.42. The zero-order valence-electron chi connectivity index (χ0n) is 14.0. The molecule has 0 saturated carbocycles. The lowest BCUT2D eigenvalue weighted by molar-refractivity contribution is -0.142. The molecule has 1 aliphatic rings. The van der Waals surface area contributed by atoms with Gasteiger partial charge in [0.05, 0.1) is 6.54 Å². The molecule has 0 spiro atoms. The first-order chi connectivity index (χ1) is 12.6. The number of aromatic nitrogens is 1. The fourth-order valence-electron chi connectivity index (χ4n) is 3.42. The van der Waals surface area contributed by atoms with E-state index in [9.17, 15) is 9.90 Å². The lowest BCUT2D eigenvalue weighted by atomic mass is 9.97. The molecule has 26 heavy (non-hydrogen) atoms. The number of benzene rings is 2. The van der Waals surface area contributed by atoms with Gasteiger partial charge in [0, 0.05) is 28.8 Å². The van der Waals surface area contributed by atoms with E-state index >= 15 is 0 Å². The largest absolute Gasteiger partial charge is 0.480 e. The highest BCUT2D eigenvalue weighted by atomic mass is 32.2. The molecule has 2 heterocycles. The lowest BCUT2D eigenvalue weighted by Gasteiger charge is -2.34. The highest BCUT2D eigenvalue weighted by Crippen LogP contribution is 2.32. The third-order valence-corrected chi connectivity index (χ3v) is 6.28. The smallest absolute Gasteiger partial charge is 0.326 e. The number of nitrogens with one attached hydrogen (secondary N) is 1. The number of thiocarbonyl (C=S) groups is 1. The summed E-state index contributed by atoms with van der Waals surface area (Å²) < 4.78 is 0.630. The molecular formula is C20H18N2O2S2. The van der Waals surface area contributed by atoms with Gasteiger partial charge in [-0.05, 0) is 17.2 Å². The number of aliphatic carboxylic acids is 1.